The Kier molecular flexibility index (Phi) is 4.69. The van der Waals surface area contributed by atoms with Crippen molar-refractivity contribution >= 4 is 39.1 Å². The fraction of sp³-hybridized carbons (Fsp3) is 0.143. The topological polar surface area (TPSA) is 60.7 Å². The molecule has 0 aromatic heterocycles. The van der Waals surface area contributed by atoms with E-state index < -0.39 is 7.28 Å². The summed E-state index contributed by atoms with van der Waals surface area (Å²) in [6.07, 6.45) is -0.288. The van der Waals surface area contributed by atoms with E-state index in [1.807, 2.05) is 24.3 Å². The van der Waals surface area contributed by atoms with Crippen LogP contribution in [0.2, 0.25) is 0 Å². The summed E-state index contributed by atoms with van der Waals surface area (Å²) in [5.41, 5.74) is 1.38. The minimum absolute atomic E-state index is 0.144. The van der Waals surface area contributed by atoms with Crippen LogP contribution >= 0.6 is 39.1 Å². The van der Waals surface area contributed by atoms with Crippen LogP contribution < -0.4 is 0 Å². The fourth-order valence-electron chi connectivity index (χ4n) is 1.98. The second-order valence-corrected chi connectivity index (χ2v) is 10.1. The molecule has 0 aliphatic heterocycles. The molecule has 0 amide bonds. The van der Waals surface area contributed by atoms with Crippen LogP contribution in [0.1, 0.15) is 11.1 Å². The summed E-state index contributed by atoms with van der Waals surface area (Å²) in [5.74, 6) is 0. The van der Waals surface area contributed by atoms with E-state index in [1.165, 1.54) is 0 Å². The van der Waals surface area contributed by atoms with Crippen LogP contribution in [0.15, 0.2) is 57.5 Å². The van der Waals surface area contributed by atoms with E-state index in [-0.39, 0.29) is 12.3 Å². The zero-order chi connectivity index (χ0) is 14.8. The molecule has 0 aliphatic rings. The number of halogens is 2. The van der Waals surface area contributed by atoms with Crippen molar-refractivity contribution in [1.82, 2.24) is 0 Å². The van der Waals surface area contributed by atoms with Gasteiger partial charge in [0.2, 0.25) is 0 Å². The van der Waals surface area contributed by atoms with Crippen molar-refractivity contribution in [2.24, 2.45) is 0 Å². The van der Waals surface area contributed by atoms with Gasteiger partial charge in [-0.3, -0.25) is 0 Å². The van der Waals surface area contributed by atoms with Gasteiger partial charge in [0, 0.05) is 0 Å². The van der Waals surface area contributed by atoms with Gasteiger partial charge in [-0.2, -0.15) is 0 Å². The molecular formula is C14H15Br2O3P. The van der Waals surface area contributed by atoms with Crippen molar-refractivity contribution in [3.8, 4) is 0 Å². The summed E-state index contributed by atoms with van der Waals surface area (Å²) in [7, 11) is -4.73. The van der Waals surface area contributed by atoms with Crippen molar-refractivity contribution in [3.05, 3.63) is 68.6 Å². The van der Waals surface area contributed by atoms with Crippen LogP contribution in [0, 0.1) is 0 Å². The molecule has 0 heterocycles. The first-order chi connectivity index (χ1) is 9.21. The van der Waals surface area contributed by atoms with E-state index in [0.717, 1.165) is 8.95 Å². The molecular weight excluding hydrogens is 407 g/mol. The van der Waals surface area contributed by atoms with E-state index in [1.54, 1.807) is 24.3 Å². The Labute approximate surface area is 134 Å². The summed E-state index contributed by atoms with van der Waals surface area (Å²) in [6.45, 7) is 0. The van der Waals surface area contributed by atoms with Gasteiger partial charge in [-0.25, -0.2) is 0 Å². The third kappa shape index (κ3) is 4.92. The summed E-state index contributed by atoms with van der Waals surface area (Å²) in [5, 5.41) is 0. The quantitative estimate of drug-likeness (QED) is 0.648. The van der Waals surface area contributed by atoms with Crippen molar-refractivity contribution in [2.45, 2.75) is 12.3 Å². The fourth-order valence-corrected chi connectivity index (χ4v) is 4.54. The van der Waals surface area contributed by atoms with Crippen molar-refractivity contribution in [1.29, 1.82) is 0 Å². The monoisotopic (exact) mass is 420 g/mol. The average molecular weight is 422 g/mol. The van der Waals surface area contributed by atoms with Gasteiger partial charge in [-0.1, -0.05) is 0 Å². The Balaban J connectivity index is 2.17. The first-order valence-electron chi connectivity index (χ1n) is 5.96. The molecule has 0 spiro atoms. The van der Waals surface area contributed by atoms with Crippen LogP contribution in [0.25, 0.3) is 0 Å². The van der Waals surface area contributed by atoms with Crippen LogP contribution in [0.3, 0.4) is 0 Å². The molecule has 6 heteroatoms. The average Bonchev–Trinajstić information content (AvgIpc) is 2.34. The van der Waals surface area contributed by atoms with E-state index in [4.69, 9.17) is 0 Å². The molecule has 0 atom stereocenters. The van der Waals surface area contributed by atoms with Crippen molar-refractivity contribution in [2.75, 3.05) is 0 Å². The summed E-state index contributed by atoms with van der Waals surface area (Å²) >= 11 is 6.64. The number of benzene rings is 2. The number of hydrogen-bond donors (Lipinski definition) is 3. The summed E-state index contributed by atoms with van der Waals surface area (Å²) < 4.78 is 1.81. The molecule has 0 fully saturated rings. The Bertz CT molecular complexity index is 537. The van der Waals surface area contributed by atoms with Crippen LogP contribution in [-0.4, -0.2) is 14.7 Å². The molecule has 0 aliphatic carbocycles. The number of rotatable bonds is 4. The molecule has 0 saturated heterocycles. The SMILES string of the molecule is OP(O)(O)(Cc1ccc(Br)cc1)Cc1ccc(Br)cc1. The zero-order valence-electron chi connectivity index (χ0n) is 10.6. The van der Waals surface area contributed by atoms with E-state index in [2.05, 4.69) is 31.9 Å². The van der Waals surface area contributed by atoms with Gasteiger partial charge in [-0.05, 0) is 0 Å². The second kappa shape index (κ2) is 5.84. The van der Waals surface area contributed by atoms with Crippen molar-refractivity contribution < 1.29 is 14.7 Å². The van der Waals surface area contributed by atoms with Gasteiger partial charge in [0.05, 0.1) is 0 Å². The van der Waals surface area contributed by atoms with Crippen LogP contribution in [-0.2, 0) is 12.3 Å². The standard InChI is InChI=1S/C14H15Br2O3P/c15-13-5-1-11(2-6-13)9-20(17,18,19)10-12-3-7-14(16)8-4-12/h1-8,17-19H,9-10H2. The Morgan fingerprint density at radius 3 is 1.25 bits per heavy atom. The molecule has 3 nitrogen and oxygen atoms in total. The first kappa shape index (κ1) is 16.1. The predicted molar refractivity (Wildman–Crippen MR) is 89.3 cm³/mol. The Morgan fingerprint density at radius 1 is 0.650 bits per heavy atom. The van der Waals surface area contributed by atoms with E-state index in [0.29, 0.717) is 11.1 Å². The van der Waals surface area contributed by atoms with E-state index >= 15 is 0 Å². The summed E-state index contributed by atoms with van der Waals surface area (Å²) in [6, 6.07) is 14.3. The van der Waals surface area contributed by atoms with Crippen molar-refractivity contribution in [3.63, 3.8) is 0 Å². The molecule has 2 aromatic rings. The Morgan fingerprint density at radius 2 is 0.950 bits per heavy atom. The second-order valence-electron chi connectivity index (χ2n) is 4.91. The maximum atomic E-state index is 10.2. The van der Waals surface area contributed by atoms with Gasteiger partial charge in [0.1, 0.15) is 0 Å². The zero-order valence-corrected chi connectivity index (χ0v) is 14.6. The van der Waals surface area contributed by atoms with Gasteiger partial charge >= 0.3 is 135 Å². The van der Waals surface area contributed by atoms with Gasteiger partial charge in [0.15, 0.2) is 0 Å². The van der Waals surface area contributed by atoms with Gasteiger partial charge in [0.25, 0.3) is 0 Å². The minimum atomic E-state index is -4.73. The summed E-state index contributed by atoms with van der Waals surface area (Å²) in [4.78, 5) is 30.7. The van der Waals surface area contributed by atoms with Crippen LogP contribution in [0.5, 0.6) is 0 Å². The molecule has 3 N–H and O–H groups in total. The molecule has 0 radical (unpaired) electrons. The molecule has 0 bridgehead atoms. The first-order valence-corrected chi connectivity index (χ1v) is 10.0. The normalized spacial score (nSPS) is 13.8. The van der Waals surface area contributed by atoms with Gasteiger partial charge in [-0.15, -0.1) is 0 Å². The molecule has 2 rings (SSSR count). The molecule has 108 valence electrons. The number of hydrogen-bond acceptors (Lipinski definition) is 3. The molecule has 0 saturated carbocycles. The predicted octanol–water partition coefficient (Wildman–Crippen LogP) is 4.19. The molecule has 2 aromatic carbocycles. The maximum absolute atomic E-state index is 10.2. The van der Waals surface area contributed by atoms with Crippen LogP contribution in [0.4, 0.5) is 0 Å². The van der Waals surface area contributed by atoms with E-state index in [9.17, 15) is 14.7 Å². The molecule has 20 heavy (non-hydrogen) atoms. The third-order valence-electron chi connectivity index (χ3n) is 2.84. The Hall–Kier alpha value is -0.290. The van der Waals surface area contributed by atoms with Gasteiger partial charge < -0.3 is 0 Å². The third-order valence-corrected chi connectivity index (χ3v) is 5.92. The molecule has 0 unspecified atom stereocenters.